The van der Waals surface area contributed by atoms with Crippen LogP contribution in [0.2, 0.25) is 0 Å². The van der Waals surface area contributed by atoms with Crippen molar-refractivity contribution >= 4 is 21.8 Å². The molecule has 0 heterocycles. The minimum Gasteiger partial charge on any atom is -0.480 e. The number of urea groups is 1. The Balaban J connectivity index is 2.46. The quantitative estimate of drug-likeness (QED) is 0.610. The van der Waals surface area contributed by atoms with Gasteiger partial charge in [-0.05, 0) is 25.7 Å². The zero-order valence-electron chi connectivity index (χ0n) is 11.3. The number of carboxylic acid groups (broad SMARTS) is 1. The third-order valence-corrected chi connectivity index (χ3v) is 3.96. The van der Waals surface area contributed by atoms with E-state index in [0.717, 1.165) is 19.1 Å². The van der Waals surface area contributed by atoms with E-state index in [4.69, 9.17) is 5.11 Å². The van der Waals surface area contributed by atoms with Crippen molar-refractivity contribution in [2.24, 2.45) is 0 Å². The molecule has 2 amide bonds. The minimum absolute atomic E-state index is 0.00986. The molecule has 0 aromatic carbocycles. The van der Waals surface area contributed by atoms with Crippen LogP contribution in [0.1, 0.15) is 25.7 Å². The Kier molecular flexibility index (Phi) is 6.00. The summed E-state index contributed by atoms with van der Waals surface area (Å²) < 4.78 is 22.1. The van der Waals surface area contributed by atoms with Crippen molar-refractivity contribution in [3.05, 3.63) is 12.2 Å². The second-order valence-electron chi connectivity index (χ2n) is 4.91. The van der Waals surface area contributed by atoms with E-state index in [1.807, 2.05) is 12.2 Å². The Hall–Kier alpha value is -1.57. The molecule has 0 aromatic rings. The largest absolute Gasteiger partial charge is 0.480 e. The summed E-state index contributed by atoms with van der Waals surface area (Å²) in [5.74, 6) is -1.52. The van der Waals surface area contributed by atoms with Crippen molar-refractivity contribution in [1.82, 2.24) is 10.6 Å². The highest BCUT2D eigenvalue weighted by Crippen LogP contribution is 2.10. The van der Waals surface area contributed by atoms with Crippen LogP contribution >= 0.6 is 0 Å². The van der Waals surface area contributed by atoms with E-state index in [1.165, 1.54) is 0 Å². The first-order valence-corrected chi connectivity index (χ1v) is 8.46. The van der Waals surface area contributed by atoms with Gasteiger partial charge in [0.2, 0.25) is 0 Å². The second-order valence-corrected chi connectivity index (χ2v) is 7.17. The summed E-state index contributed by atoms with van der Waals surface area (Å²) in [5.41, 5.74) is 0. The molecule has 0 fully saturated rings. The van der Waals surface area contributed by atoms with Crippen LogP contribution in [0.25, 0.3) is 0 Å². The molecule has 0 spiro atoms. The highest BCUT2D eigenvalue weighted by atomic mass is 32.2. The van der Waals surface area contributed by atoms with Crippen molar-refractivity contribution in [1.29, 1.82) is 0 Å². The zero-order valence-corrected chi connectivity index (χ0v) is 12.1. The summed E-state index contributed by atoms with van der Waals surface area (Å²) in [6, 6.07) is -1.79. The van der Waals surface area contributed by atoms with Gasteiger partial charge in [-0.3, -0.25) is 0 Å². The van der Waals surface area contributed by atoms with Crippen molar-refractivity contribution in [2.75, 3.05) is 12.0 Å². The van der Waals surface area contributed by atoms with Crippen LogP contribution in [-0.4, -0.2) is 49.6 Å². The molecular formula is C12H20N2O5S. The highest BCUT2D eigenvalue weighted by Gasteiger charge is 2.22. The fourth-order valence-corrected chi connectivity index (χ4v) is 2.56. The van der Waals surface area contributed by atoms with Crippen LogP contribution in [0.5, 0.6) is 0 Å². The topological polar surface area (TPSA) is 113 Å². The lowest BCUT2D eigenvalue weighted by molar-refractivity contribution is -0.139. The molecule has 0 radical (unpaired) electrons. The lowest BCUT2D eigenvalue weighted by Gasteiger charge is -2.21. The highest BCUT2D eigenvalue weighted by molar-refractivity contribution is 7.90. The smallest absolute Gasteiger partial charge is 0.326 e. The normalized spacial score (nSPS) is 20.1. The van der Waals surface area contributed by atoms with Crippen molar-refractivity contribution in [2.45, 2.75) is 37.8 Å². The van der Waals surface area contributed by atoms with Gasteiger partial charge in [-0.15, -0.1) is 0 Å². The Morgan fingerprint density at radius 3 is 2.60 bits per heavy atom. The van der Waals surface area contributed by atoms with Gasteiger partial charge in [-0.2, -0.15) is 0 Å². The summed E-state index contributed by atoms with van der Waals surface area (Å²) in [6.07, 6.45) is 7.28. The van der Waals surface area contributed by atoms with Gasteiger partial charge in [0, 0.05) is 12.3 Å². The van der Waals surface area contributed by atoms with Crippen LogP contribution in [0.4, 0.5) is 4.79 Å². The molecule has 7 nitrogen and oxygen atoms in total. The lowest BCUT2D eigenvalue weighted by atomic mass is 10.0. The average Bonchev–Trinajstić information content (AvgIpc) is 2.34. The summed E-state index contributed by atoms with van der Waals surface area (Å²) in [4.78, 5) is 22.7. The van der Waals surface area contributed by atoms with E-state index in [2.05, 4.69) is 10.6 Å². The standard InChI is InChI=1S/C12H20N2O5S/c1-20(18,19)8-7-10(11(15)16)14-12(17)13-9-5-3-2-4-6-9/h2-3,9-10H,4-8H2,1H3,(H,15,16)(H2,13,14,17). The van der Waals surface area contributed by atoms with Crippen LogP contribution in [0.3, 0.4) is 0 Å². The Morgan fingerprint density at radius 1 is 1.40 bits per heavy atom. The molecule has 1 aliphatic carbocycles. The molecule has 1 aliphatic rings. The molecule has 0 bridgehead atoms. The Labute approximate surface area is 118 Å². The van der Waals surface area contributed by atoms with E-state index in [1.54, 1.807) is 0 Å². The summed E-state index contributed by atoms with van der Waals surface area (Å²) >= 11 is 0. The van der Waals surface area contributed by atoms with Gasteiger partial charge in [0.1, 0.15) is 15.9 Å². The summed E-state index contributed by atoms with van der Waals surface area (Å²) in [7, 11) is -3.26. The number of sulfone groups is 1. The first-order valence-electron chi connectivity index (χ1n) is 6.40. The summed E-state index contributed by atoms with van der Waals surface area (Å²) in [6.45, 7) is 0. The first kappa shape index (κ1) is 16.5. The van der Waals surface area contributed by atoms with Crippen molar-refractivity contribution in [3.63, 3.8) is 0 Å². The van der Waals surface area contributed by atoms with E-state index >= 15 is 0 Å². The van der Waals surface area contributed by atoms with Crippen LogP contribution in [0.15, 0.2) is 12.2 Å². The fraction of sp³-hybridized carbons (Fsp3) is 0.667. The monoisotopic (exact) mass is 304 g/mol. The molecule has 0 aliphatic heterocycles. The number of allylic oxidation sites excluding steroid dienone is 1. The van der Waals surface area contributed by atoms with Gasteiger partial charge in [0.15, 0.2) is 0 Å². The van der Waals surface area contributed by atoms with Gasteiger partial charge < -0.3 is 15.7 Å². The predicted octanol–water partition coefficient (Wildman–Crippen LogP) is 0.282. The van der Waals surface area contributed by atoms with E-state index < -0.39 is 27.9 Å². The molecule has 0 saturated carbocycles. The Morgan fingerprint density at radius 2 is 2.10 bits per heavy atom. The zero-order chi connectivity index (χ0) is 15.2. The SMILES string of the molecule is CS(=O)(=O)CCC(NC(=O)NC1CC=CCC1)C(=O)O. The number of carbonyl (C=O) groups is 2. The van der Waals surface area contributed by atoms with Gasteiger partial charge >= 0.3 is 12.0 Å². The van der Waals surface area contributed by atoms with Gasteiger partial charge in [0.25, 0.3) is 0 Å². The summed E-state index contributed by atoms with van der Waals surface area (Å²) in [5, 5.41) is 14.0. The molecule has 2 atom stereocenters. The molecule has 3 N–H and O–H groups in total. The molecule has 8 heteroatoms. The number of hydrogen-bond acceptors (Lipinski definition) is 4. The second kappa shape index (κ2) is 7.28. The van der Waals surface area contributed by atoms with Gasteiger partial charge in [-0.1, -0.05) is 12.2 Å². The Bertz CT molecular complexity index is 486. The van der Waals surface area contributed by atoms with Crippen molar-refractivity contribution in [3.8, 4) is 0 Å². The van der Waals surface area contributed by atoms with E-state index in [9.17, 15) is 18.0 Å². The molecular weight excluding hydrogens is 284 g/mol. The molecule has 114 valence electrons. The third-order valence-electron chi connectivity index (χ3n) is 2.99. The number of rotatable bonds is 6. The van der Waals surface area contributed by atoms with E-state index in [-0.39, 0.29) is 18.2 Å². The van der Waals surface area contributed by atoms with E-state index in [0.29, 0.717) is 6.42 Å². The lowest BCUT2D eigenvalue weighted by Crippen LogP contribution is -2.49. The average molecular weight is 304 g/mol. The number of aliphatic carboxylic acids is 1. The maximum atomic E-state index is 11.7. The third kappa shape index (κ3) is 6.55. The number of nitrogens with one attached hydrogen (secondary N) is 2. The maximum absolute atomic E-state index is 11.7. The van der Waals surface area contributed by atoms with Crippen LogP contribution < -0.4 is 10.6 Å². The molecule has 0 aromatic heterocycles. The molecule has 20 heavy (non-hydrogen) atoms. The van der Waals surface area contributed by atoms with Crippen molar-refractivity contribution < 1.29 is 23.1 Å². The molecule has 2 unspecified atom stereocenters. The van der Waals surface area contributed by atoms with Crippen LogP contribution in [0, 0.1) is 0 Å². The molecule has 0 saturated heterocycles. The number of carbonyl (C=O) groups excluding carboxylic acids is 1. The predicted molar refractivity (Wildman–Crippen MR) is 74.2 cm³/mol. The number of hydrogen-bond donors (Lipinski definition) is 3. The van der Waals surface area contributed by atoms with Gasteiger partial charge in [0.05, 0.1) is 5.75 Å². The first-order chi connectivity index (χ1) is 9.28. The minimum atomic E-state index is -3.26. The number of carboxylic acids is 1. The maximum Gasteiger partial charge on any atom is 0.326 e. The molecule has 1 rings (SSSR count). The van der Waals surface area contributed by atoms with Gasteiger partial charge in [-0.25, -0.2) is 18.0 Å². The number of amides is 2. The fourth-order valence-electron chi connectivity index (χ4n) is 1.90. The van der Waals surface area contributed by atoms with Crippen LogP contribution in [-0.2, 0) is 14.6 Å².